The van der Waals surface area contributed by atoms with Gasteiger partial charge in [0.05, 0.1) is 6.10 Å². The SMILES string of the molecule is CCC(C)OC(=O)c1ccn(C(N)=O)n1. The van der Waals surface area contributed by atoms with E-state index in [0.29, 0.717) is 0 Å². The number of primary amides is 1. The molecule has 82 valence electrons. The molecule has 15 heavy (non-hydrogen) atoms. The normalized spacial score (nSPS) is 12.1. The Balaban J connectivity index is 2.70. The number of nitrogens with zero attached hydrogens (tertiary/aromatic N) is 2. The maximum absolute atomic E-state index is 11.4. The predicted octanol–water partition coefficient (Wildman–Crippen LogP) is 0.765. The summed E-state index contributed by atoms with van der Waals surface area (Å²) in [6, 6.07) is 0.646. The van der Waals surface area contributed by atoms with Crippen molar-refractivity contribution in [1.29, 1.82) is 0 Å². The molecule has 1 aromatic rings. The van der Waals surface area contributed by atoms with E-state index in [1.807, 2.05) is 6.92 Å². The maximum Gasteiger partial charge on any atom is 0.359 e. The molecule has 0 radical (unpaired) electrons. The van der Waals surface area contributed by atoms with Gasteiger partial charge in [0.1, 0.15) is 0 Å². The van der Waals surface area contributed by atoms with E-state index in [2.05, 4.69) is 5.10 Å². The molecular formula is C9H13N3O3. The molecular weight excluding hydrogens is 198 g/mol. The van der Waals surface area contributed by atoms with Crippen molar-refractivity contribution in [3.63, 3.8) is 0 Å². The fourth-order valence-electron chi connectivity index (χ4n) is 0.882. The molecule has 0 bridgehead atoms. The van der Waals surface area contributed by atoms with Crippen LogP contribution < -0.4 is 5.73 Å². The van der Waals surface area contributed by atoms with Gasteiger partial charge in [-0.15, -0.1) is 0 Å². The Kier molecular flexibility index (Phi) is 3.43. The van der Waals surface area contributed by atoms with E-state index in [4.69, 9.17) is 10.5 Å². The van der Waals surface area contributed by atoms with Crippen LogP contribution in [0.2, 0.25) is 0 Å². The lowest BCUT2D eigenvalue weighted by molar-refractivity contribution is 0.0327. The number of nitrogens with two attached hydrogens (primary N) is 1. The van der Waals surface area contributed by atoms with Crippen molar-refractivity contribution < 1.29 is 14.3 Å². The molecule has 0 fully saturated rings. The van der Waals surface area contributed by atoms with Gasteiger partial charge in [-0.25, -0.2) is 9.59 Å². The van der Waals surface area contributed by atoms with Crippen molar-refractivity contribution in [3.8, 4) is 0 Å². The smallest absolute Gasteiger partial charge is 0.359 e. The fraction of sp³-hybridized carbons (Fsp3) is 0.444. The number of carbonyl (C=O) groups is 2. The topological polar surface area (TPSA) is 87.2 Å². The van der Waals surface area contributed by atoms with Gasteiger partial charge in [-0.2, -0.15) is 9.78 Å². The van der Waals surface area contributed by atoms with Crippen LogP contribution in [0.25, 0.3) is 0 Å². The number of hydrogen-bond donors (Lipinski definition) is 1. The molecule has 0 saturated heterocycles. The van der Waals surface area contributed by atoms with Gasteiger partial charge in [0, 0.05) is 6.20 Å². The minimum Gasteiger partial charge on any atom is -0.458 e. The molecule has 6 heteroatoms. The second-order valence-electron chi connectivity index (χ2n) is 3.11. The maximum atomic E-state index is 11.4. The fourth-order valence-corrected chi connectivity index (χ4v) is 0.882. The van der Waals surface area contributed by atoms with Crippen LogP contribution in [0.3, 0.4) is 0 Å². The Bertz CT molecular complexity index is 372. The highest BCUT2D eigenvalue weighted by molar-refractivity contribution is 5.88. The van der Waals surface area contributed by atoms with Crippen molar-refractivity contribution in [1.82, 2.24) is 9.78 Å². The second-order valence-corrected chi connectivity index (χ2v) is 3.11. The summed E-state index contributed by atoms with van der Waals surface area (Å²) in [6.07, 6.45) is 1.87. The average Bonchev–Trinajstić information content (AvgIpc) is 2.66. The highest BCUT2D eigenvalue weighted by Crippen LogP contribution is 2.03. The van der Waals surface area contributed by atoms with Crippen LogP contribution >= 0.6 is 0 Å². The van der Waals surface area contributed by atoms with Crippen LogP contribution in [-0.4, -0.2) is 27.9 Å². The number of esters is 1. The van der Waals surface area contributed by atoms with Gasteiger partial charge in [0.25, 0.3) is 0 Å². The van der Waals surface area contributed by atoms with Crippen LogP contribution in [-0.2, 0) is 4.74 Å². The lowest BCUT2D eigenvalue weighted by atomic mass is 10.3. The van der Waals surface area contributed by atoms with Gasteiger partial charge in [-0.3, -0.25) is 0 Å². The van der Waals surface area contributed by atoms with Crippen LogP contribution in [0.5, 0.6) is 0 Å². The van der Waals surface area contributed by atoms with E-state index >= 15 is 0 Å². The van der Waals surface area contributed by atoms with Gasteiger partial charge >= 0.3 is 12.0 Å². The number of ether oxygens (including phenoxy) is 1. The average molecular weight is 211 g/mol. The molecule has 0 aliphatic carbocycles. The summed E-state index contributed by atoms with van der Waals surface area (Å²) < 4.78 is 5.89. The molecule has 1 rings (SSSR count). The molecule has 1 unspecified atom stereocenters. The zero-order valence-electron chi connectivity index (χ0n) is 8.64. The van der Waals surface area contributed by atoms with Crippen LogP contribution in [0.4, 0.5) is 4.79 Å². The molecule has 0 aliphatic heterocycles. The molecule has 0 aromatic carbocycles. The quantitative estimate of drug-likeness (QED) is 0.748. The molecule has 0 aliphatic rings. The lowest BCUT2D eigenvalue weighted by Crippen LogP contribution is -2.21. The molecule has 1 aromatic heterocycles. The van der Waals surface area contributed by atoms with Crippen LogP contribution in [0.15, 0.2) is 12.3 Å². The third-order valence-corrected chi connectivity index (χ3v) is 1.91. The molecule has 1 heterocycles. The molecule has 6 nitrogen and oxygen atoms in total. The van der Waals surface area contributed by atoms with Crippen LogP contribution in [0.1, 0.15) is 30.8 Å². The standard InChI is InChI=1S/C9H13N3O3/c1-3-6(2)15-8(13)7-4-5-12(11-7)9(10)14/h4-6H,3H2,1-2H3,(H2,10,14). The zero-order chi connectivity index (χ0) is 11.4. The van der Waals surface area contributed by atoms with E-state index in [1.165, 1.54) is 12.3 Å². The Morgan fingerprint density at radius 2 is 2.33 bits per heavy atom. The van der Waals surface area contributed by atoms with E-state index in [0.717, 1.165) is 11.1 Å². The molecule has 1 atom stereocenters. The van der Waals surface area contributed by atoms with E-state index in [1.54, 1.807) is 6.92 Å². The summed E-state index contributed by atoms with van der Waals surface area (Å²) in [5.41, 5.74) is 5.04. The Labute approximate surface area is 87.0 Å². The summed E-state index contributed by atoms with van der Waals surface area (Å²) in [7, 11) is 0. The highest BCUT2D eigenvalue weighted by atomic mass is 16.5. The molecule has 2 N–H and O–H groups in total. The van der Waals surface area contributed by atoms with E-state index < -0.39 is 12.0 Å². The van der Waals surface area contributed by atoms with Crippen molar-refractivity contribution >= 4 is 12.0 Å². The number of amides is 1. The summed E-state index contributed by atoms with van der Waals surface area (Å²) in [6.45, 7) is 3.68. The van der Waals surface area contributed by atoms with Gasteiger partial charge < -0.3 is 10.5 Å². The summed E-state index contributed by atoms with van der Waals surface area (Å²) in [4.78, 5) is 22.1. The van der Waals surface area contributed by atoms with Gasteiger partial charge in [-0.05, 0) is 19.4 Å². The monoisotopic (exact) mass is 211 g/mol. The lowest BCUT2D eigenvalue weighted by Gasteiger charge is -2.08. The minimum absolute atomic E-state index is 0.0779. The number of aromatic nitrogens is 2. The number of hydrogen-bond acceptors (Lipinski definition) is 4. The van der Waals surface area contributed by atoms with E-state index in [9.17, 15) is 9.59 Å². The number of rotatable bonds is 3. The second kappa shape index (κ2) is 4.59. The Morgan fingerprint density at radius 3 is 2.80 bits per heavy atom. The first-order chi connectivity index (χ1) is 7.04. The predicted molar refractivity (Wildman–Crippen MR) is 52.4 cm³/mol. The first kappa shape index (κ1) is 11.2. The summed E-state index contributed by atoms with van der Waals surface area (Å²) in [5, 5.41) is 3.66. The molecule has 0 saturated carbocycles. The molecule has 0 spiro atoms. The third-order valence-electron chi connectivity index (χ3n) is 1.91. The summed E-state index contributed by atoms with van der Waals surface area (Å²) >= 11 is 0. The first-order valence-electron chi connectivity index (χ1n) is 4.61. The largest absolute Gasteiger partial charge is 0.458 e. The van der Waals surface area contributed by atoms with Gasteiger partial charge in [0.15, 0.2) is 5.69 Å². The first-order valence-corrected chi connectivity index (χ1v) is 4.61. The zero-order valence-corrected chi connectivity index (χ0v) is 8.64. The Morgan fingerprint density at radius 1 is 1.67 bits per heavy atom. The Hall–Kier alpha value is -1.85. The highest BCUT2D eigenvalue weighted by Gasteiger charge is 2.14. The van der Waals surface area contributed by atoms with Crippen LogP contribution in [0, 0.1) is 0 Å². The number of carbonyl (C=O) groups excluding carboxylic acids is 2. The van der Waals surface area contributed by atoms with Gasteiger partial charge in [-0.1, -0.05) is 6.92 Å². The molecule has 1 amide bonds. The van der Waals surface area contributed by atoms with Crippen molar-refractivity contribution in [2.45, 2.75) is 26.4 Å². The van der Waals surface area contributed by atoms with E-state index in [-0.39, 0.29) is 11.8 Å². The van der Waals surface area contributed by atoms with Crippen molar-refractivity contribution in [3.05, 3.63) is 18.0 Å². The van der Waals surface area contributed by atoms with Gasteiger partial charge in [0.2, 0.25) is 0 Å². The minimum atomic E-state index is -0.738. The summed E-state index contributed by atoms with van der Waals surface area (Å²) in [5.74, 6) is -0.552. The van der Waals surface area contributed by atoms with Crippen molar-refractivity contribution in [2.75, 3.05) is 0 Å². The van der Waals surface area contributed by atoms with Crippen molar-refractivity contribution in [2.24, 2.45) is 5.73 Å². The third kappa shape index (κ3) is 2.80.